The summed E-state index contributed by atoms with van der Waals surface area (Å²) < 4.78 is 0. The normalized spacial score (nSPS) is 17.9. The summed E-state index contributed by atoms with van der Waals surface area (Å²) in [7, 11) is 0. The Balaban J connectivity index is 0.00000408. The SMILES string of the molecule is Cc1ncsc1-c1ccc([C@H](C)NC(=O)C2C[CH-]CN2C(=O)[C@@H](NC(C)C)C(C)(C)C)cc1.[HH].[HH].[V]. The zero-order valence-electron chi connectivity index (χ0n) is 21.3. The van der Waals surface area contributed by atoms with Crippen LogP contribution in [0.5, 0.6) is 0 Å². The van der Waals surface area contributed by atoms with Gasteiger partial charge in [-0.15, -0.1) is 24.3 Å². The summed E-state index contributed by atoms with van der Waals surface area (Å²) >= 11 is 1.63. The van der Waals surface area contributed by atoms with Gasteiger partial charge in [0, 0.05) is 27.5 Å². The maximum atomic E-state index is 13.4. The van der Waals surface area contributed by atoms with Crippen LogP contribution in [0.2, 0.25) is 0 Å². The fourth-order valence-corrected chi connectivity index (χ4v) is 5.02. The van der Waals surface area contributed by atoms with Crippen LogP contribution in [0.1, 0.15) is 68.1 Å². The molecule has 1 aliphatic heterocycles. The fraction of sp³-hybridized carbons (Fsp3) is 0.538. The number of likely N-dealkylation sites (tertiary alicyclic amines) is 1. The summed E-state index contributed by atoms with van der Waals surface area (Å²) in [6.45, 7) is 14.7. The predicted molar refractivity (Wildman–Crippen MR) is 139 cm³/mol. The quantitative estimate of drug-likeness (QED) is 0.500. The molecule has 1 fully saturated rings. The second-order valence-electron chi connectivity index (χ2n) is 10.3. The number of hydrogen-bond acceptors (Lipinski definition) is 5. The minimum atomic E-state index is -0.474. The number of nitrogens with zero attached hydrogens (tertiary/aromatic N) is 2. The van der Waals surface area contributed by atoms with E-state index in [9.17, 15) is 9.59 Å². The minimum Gasteiger partial charge on any atom is -0.362 e. The van der Waals surface area contributed by atoms with E-state index >= 15 is 0 Å². The van der Waals surface area contributed by atoms with Crippen molar-refractivity contribution in [1.82, 2.24) is 20.5 Å². The van der Waals surface area contributed by atoms with Crippen molar-refractivity contribution in [2.45, 2.75) is 79.1 Å². The number of aromatic nitrogens is 1. The minimum absolute atomic E-state index is 0. The molecule has 0 bridgehead atoms. The second kappa shape index (κ2) is 11.8. The van der Waals surface area contributed by atoms with Gasteiger partial charge < -0.3 is 22.0 Å². The monoisotopic (exact) mass is 524 g/mol. The second-order valence-corrected chi connectivity index (χ2v) is 11.1. The number of nitrogens with one attached hydrogen (secondary N) is 2. The van der Waals surface area contributed by atoms with Gasteiger partial charge in [-0.2, -0.15) is 0 Å². The topological polar surface area (TPSA) is 74.3 Å². The fourth-order valence-electron chi connectivity index (χ4n) is 4.20. The Hall–Kier alpha value is -1.67. The van der Waals surface area contributed by atoms with Crippen LogP contribution in [0.25, 0.3) is 10.4 Å². The number of thiazole rings is 1. The van der Waals surface area contributed by atoms with Gasteiger partial charge in [-0.3, -0.25) is 9.59 Å². The average Bonchev–Trinajstić information content (AvgIpc) is 3.40. The van der Waals surface area contributed by atoms with Crippen LogP contribution in [-0.4, -0.2) is 46.4 Å². The van der Waals surface area contributed by atoms with Crippen LogP contribution < -0.4 is 10.6 Å². The summed E-state index contributed by atoms with van der Waals surface area (Å²) in [6.07, 6.45) is 2.60. The Labute approximate surface area is 223 Å². The first-order valence-electron chi connectivity index (χ1n) is 11.7. The Morgan fingerprint density at radius 3 is 2.38 bits per heavy atom. The summed E-state index contributed by atoms with van der Waals surface area (Å²) in [6, 6.07) is 7.44. The van der Waals surface area contributed by atoms with Gasteiger partial charge in [0.05, 0.1) is 34.2 Å². The Morgan fingerprint density at radius 1 is 1.21 bits per heavy atom. The first-order valence-corrected chi connectivity index (χ1v) is 12.6. The number of hydrogen-bond donors (Lipinski definition) is 2. The van der Waals surface area contributed by atoms with Crippen molar-refractivity contribution < 1.29 is 31.0 Å². The molecule has 2 aromatic rings. The molecule has 1 unspecified atom stereocenters. The summed E-state index contributed by atoms with van der Waals surface area (Å²) in [4.78, 5) is 33.8. The Bertz CT molecular complexity index is 979. The Kier molecular flexibility index (Phi) is 9.95. The van der Waals surface area contributed by atoms with E-state index in [4.69, 9.17) is 0 Å². The molecule has 1 saturated heterocycles. The number of aryl methyl sites for hydroxylation is 1. The molecule has 2 amide bonds. The largest absolute Gasteiger partial charge is 0.362 e. The van der Waals surface area contributed by atoms with Crippen molar-refractivity contribution in [3.8, 4) is 10.4 Å². The molecular weight excluding hydrogens is 483 g/mol. The standard InChI is InChI=1S/C26H37N4O2S.V.2H2/c1-16(2)28-23(26(5,6)7)25(32)30-14-8-9-21(30)24(31)29-17(3)19-10-12-20(13-11-19)22-18(4)27-15-33-22;;;/h8,10-13,15-17,21,23,28H,9,14H2,1-7H3,(H,29,31);;2*1H/q-1;;;/t17-,21?,23+;;;/m0.../s1. The Morgan fingerprint density at radius 2 is 1.85 bits per heavy atom. The van der Waals surface area contributed by atoms with Crippen molar-refractivity contribution in [2.75, 3.05) is 6.54 Å². The molecule has 1 aromatic heterocycles. The summed E-state index contributed by atoms with van der Waals surface area (Å²) in [5.41, 5.74) is 4.79. The first-order chi connectivity index (χ1) is 15.5. The molecular formula is C26H41N4O2SV-. The molecule has 6 nitrogen and oxygen atoms in total. The van der Waals surface area contributed by atoms with E-state index in [0.29, 0.717) is 13.0 Å². The molecule has 1 radical (unpaired) electrons. The van der Waals surface area contributed by atoms with E-state index in [1.165, 1.54) is 0 Å². The number of carbonyl (C=O) groups excluding carboxylic acids is 2. The molecule has 2 heterocycles. The number of benzene rings is 1. The molecule has 189 valence electrons. The third-order valence-electron chi connectivity index (χ3n) is 6.07. The van der Waals surface area contributed by atoms with Gasteiger partial charge in [0.25, 0.3) is 0 Å². The van der Waals surface area contributed by atoms with Gasteiger partial charge in [-0.05, 0) is 30.4 Å². The van der Waals surface area contributed by atoms with E-state index in [0.717, 1.165) is 21.7 Å². The summed E-state index contributed by atoms with van der Waals surface area (Å²) in [5.74, 6) is -0.119. The molecule has 8 heteroatoms. The molecule has 3 atom stereocenters. The van der Waals surface area contributed by atoms with Gasteiger partial charge >= 0.3 is 0 Å². The van der Waals surface area contributed by atoms with Crippen LogP contribution >= 0.6 is 11.3 Å². The van der Waals surface area contributed by atoms with Crippen molar-refractivity contribution >= 4 is 23.2 Å². The number of rotatable bonds is 7. The molecule has 0 saturated carbocycles. The predicted octanol–water partition coefficient (Wildman–Crippen LogP) is 5.00. The van der Waals surface area contributed by atoms with Crippen molar-refractivity contribution in [3.05, 3.63) is 47.5 Å². The first kappa shape index (κ1) is 28.6. The third kappa shape index (κ3) is 6.72. The van der Waals surface area contributed by atoms with Crippen LogP contribution in [0.3, 0.4) is 0 Å². The van der Waals surface area contributed by atoms with Gasteiger partial charge in [0.1, 0.15) is 0 Å². The van der Waals surface area contributed by atoms with Gasteiger partial charge in [-0.25, -0.2) is 4.98 Å². The average molecular weight is 525 g/mol. The summed E-state index contributed by atoms with van der Waals surface area (Å²) in [5, 5.41) is 6.53. The molecule has 0 spiro atoms. The molecule has 3 rings (SSSR count). The van der Waals surface area contributed by atoms with E-state index in [1.807, 2.05) is 51.8 Å². The van der Waals surface area contributed by atoms with Crippen molar-refractivity contribution in [3.63, 3.8) is 0 Å². The third-order valence-corrected chi connectivity index (χ3v) is 7.05. The van der Waals surface area contributed by atoms with Crippen molar-refractivity contribution in [1.29, 1.82) is 0 Å². The molecule has 1 aliphatic rings. The van der Waals surface area contributed by atoms with Crippen LogP contribution in [0, 0.1) is 18.8 Å². The molecule has 0 aliphatic carbocycles. The van der Waals surface area contributed by atoms with E-state index in [-0.39, 0.29) is 56.8 Å². The number of carbonyl (C=O) groups is 2. The van der Waals surface area contributed by atoms with Crippen LogP contribution in [-0.2, 0) is 28.1 Å². The zero-order valence-corrected chi connectivity index (χ0v) is 23.5. The van der Waals surface area contributed by atoms with E-state index in [2.05, 4.69) is 48.5 Å². The van der Waals surface area contributed by atoms with Gasteiger partial charge in [-0.1, -0.05) is 58.9 Å². The maximum absolute atomic E-state index is 13.4. The number of amides is 2. The van der Waals surface area contributed by atoms with E-state index in [1.54, 1.807) is 16.2 Å². The smallest absolute Gasteiger partial charge is 0.240 e. The van der Waals surface area contributed by atoms with Crippen LogP contribution in [0.4, 0.5) is 0 Å². The van der Waals surface area contributed by atoms with Gasteiger partial charge in [0.15, 0.2) is 0 Å². The van der Waals surface area contributed by atoms with E-state index < -0.39 is 6.04 Å². The molecule has 34 heavy (non-hydrogen) atoms. The molecule has 1 aromatic carbocycles. The van der Waals surface area contributed by atoms with Crippen molar-refractivity contribution in [2.24, 2.45) is 5.41 Å². The maximum Gasteiger partial charge on any atom is 0.240 e. The molecule has 2 N–H and O–H groups in total. The zero-order chi connectivity index (χ0) is 24.3. The van der Waals surface area contributed by atoms with Crippen LogP contribution in [0.15, 0.2) is 29.8 Å². The van der Waals surface area contributed by atoms with Gasteiger partial charge in [0.2, 0.25) is 11.8 Å².